The summed E-state index contributed by atoms with van der Waals surface area (Å²) in [5.74, 6) is 1.63. The van der Waals surface area contributed by atoms with Crippen molar-refractivity contribution in [2.45, 2.75) is 19.3 Å². The maximum absolute atomic E-state index is 9.51. The number of nitrogens with zero attached hydrogens (tertiary/aromatic N) is 5. The van der Waals surface area contributed by atoms with Gasteiger partial charge in [0.15, 0.2) is 17.5 Å². The fraction of sp³-hybridized carbons (Fsp3) is 0.0600. The molecule has 7 aromatic carbocycles. The summed E-state index contributed by atoms with van der Waals surface area (Å²) in [5.41, 5.74) is 12.4. The molecule has 0 aliphatic heterocycles. The summed E-state index contributed by atoms with van der Waals surface area (Å²) in [4.78, 5) is 20.6. The quantitative estimate of drug-likeness (QED) is 0.168. The molecule has 262 valence electrons. The Balaban J connectivity index is 1.15. The molecular weight excluding hydrogens is 687 g/mol. The molecule has 6 nitrogen and oxygen atoms in total. The highest BCUT2D eigenvalue weighted by atomic mass is 16.3. The number of nitriles is 1. The van der Waals surface area contributed by atoms with Crippen LogP contribution in [-0.4, -0.2) is 19.9 Å². The van der Waals surface area contributed by atoms with E-state index in [1.54, 1.807) is 12.1 Å². The second kappa shape index (κ2) is 12.0. The number of aromatic nitrogens is 4. The van der Waals surface area contributed by atoms with Crippen molar-refractivity contribution in [1.82, 2.24) is 19.9 Å². The Bertz CT molecular complexity index is 3280. The van der Waals surface area contributed by atoms with Crippen molar-refractivity contribution in [3.8, 4) is 62.6 Å². The lowest BCUT2D eigenvalue weighted by Crippen LogP contribution is -2.14. The summed E-state index contributed by atoms with van der Waals surface area (Å²) in [6.45, 7) is 4.56. The van der Waals surface area contributed by atoms with E-state index in [4.69, 9.17) is 24.4 Å². The largest absolute Gasteiger partial charge is 0.456 e. The standard InChI is InChI=1S/C50H31N5O/c1-50(2)39-14-8-6-12-34(39)38-26-32(21-24-40(38)50)48-53-47(31-18-16-29(28-51)17-19-31)54-49(55-48)33-20-22-35-41(27-33)52-46(30-10-4-3-5-11-30)37-23-25-43-45(44(35)37)36-13-7-9-15-42(36)56-43/h3-27H,1-2H3. The van der Waals surface area contributed by atoms with Crippen LogP contribution in [0.5, 0.6) is 0 Å². The maximum Gasteiger partial charge on any atom is 0.164 e. The summed E-state index contributed by atoms with van der Waals surface area (Å²) < 4.78 is 6.37. The topological polar surface area (TPSA) is 88.5 Å². The molecular formula is C50H31N5O. The van der Waals surface area contributed by atoms with E-state index < -0.39 is 0 Å². The highest BCUT2D eigenvalue weighted by Gasteiger charge is 2.35. The first-order valence-corrected chi connectivity index (χ1v) is 18.7. The summed E-state index contributed by atoms with van der Waals surface area (Å²) in [5, 5.41) is 14.8. The van der Waals surface area contributed by atoms with Gasteiger partial charge in [0, 0.05) is 54.6 Å². The van der Waals surface area contributed by atoms with Crippen LogP contribution in [0.1, 0.15) is 30.5 Å². The van der Waals surface area contributed by atoms with E-state index in [2.05, 4.69) is 117 Å². The molecule has 0 fully saturated rings. The fourth-order valence-corrected chi connectivity index (χ4v) is 8.58. The zero-order valence-electron chi connectivity index (χ0n) is 30.6. The van der Waals surface area contributed by atoms with E-state index in [-0.39, 0.29) is 5.41 Å². The molecule has 0 N–H and O–H groups in total. The Morgan fingerprint density at radius 3 is 1.93 bits per heavy atom. The van der Waals surface area contributed by atoms with Crippen LogP contribution in [0.3, 0.4) is 0 Å². The van der Waals surface area contributed by atoms with Crippen LogP contribution in [0.15, 0.2) is 156 Å². The molecule has 1 aliphatic rings. The monoisotopic (exact) mass is 717 g/mol. The van der Waals surface area contributed by atoms with Gasteiger partial charge in [0.05, 0.1) is 22.8 Å². The molecule has 11 rings (SSSR count). The van der Waals surface area contributed by atoms with E-state index in [1.165, 1.54) is 22.3 Å². The molecule has 1 aliphatic carbocycles. The lowest BCUT2D eigenvalue weighted by Gasteiger charge is -2.21. The highest BCUT2D eigenvalue weighted by Crippen LogP contribution is 2.49. The highest BCUT2D eigenvalue weighted by molar-refractivity contribution is 6.28. The van der Waals surface area contributed by atoms with E-state index >= 15 is 0 Å². The van der Waals surface area contributed by atoms with E-state index in [1.807, 2.05) is 42.5 Å². The Hall–Kier alpha value is -7.49. The Morgan fingerprint density at radius 2 is 1.12 bits per heavy atom. The van der Waals surface area contributed by atoms with Crippen LogP contribution in [0.4, 0.5) is 0 Å². The number of fused-ring (bicyclic) bond motifs is 10. The molecule has 0 unspecified atom stereocenters. The van der Waals surface area contributed by atoms with Gasteiger partial charge in [0.1, 0.15) is 11.2 Å². The van der Waals surface area contributed by atoms with Crippen molar-refractivity contribution < 1.29 is 4.42 Å². The minimum absolute atomic E-state index is 0.114. The van der Waals surface area contributed by atoms with Crippen LogP contribution >= 0.6 is 0 Å². The van der Waals surface area contributed by atoms with Gasteiger partial charge < -0.3 is 4.42 Å². The molecule has 3 aromatic heterocycles. The SMILES string of the molecule is CC1(C)c2ccccc2-c2cc(-c3nc(-c4ccc(C#N)cc4)nc(-c4ccc5c(c4)nc(-c4ccccc4)c4ccc6oc7ccccc7c6c45)n3)ccc21. The molecule has 0 amide bonds. The third-order valence-corrected chi connectivity index (χ3v) is 11.4. The van der Waals surface area contributed by atoms with Gasteiger partial charge in [-0.1, -0.05) is 111 Å². The molecule has 0 saturated heterocycles. The van der Waals surface area contributed by atoms with Crippen molar-refractivity contribution in [3.63, 3.8) is 0 Å². The molecule has 10 aromatic rings. The third-order valence-electron chi connectivity index (χ3n) is 11.4. The third kappa shape index (κ3) is 4.81. The van der Waals surface area contributed by atoms with E-state index in [0.717, 1.165) is 71.6 Å². The van der Waals surface area contributed by atoms with Gasteiger partial charge in [-0.2, -0.15) is 5.26 Å². The number of furan rings is 1. The van der Waals surface area contributed by atoms with Crippen LogP contribution in [0.2, 0.25) is 0 Å². The molecule has 0 saturated carbocycles. The summed E-state index contributed by atoms with van der Waals surface area (Å²) in [7, 11) is 0. The van der Waals surface area contributed by atoms with Crippen molar-refractivity contribution in [3.05, 3.63) is 168 Å². The minimum Gasteiger partial charge on any atom is -0.456 e. The normalized spacial score (nSPS) is 12.9. The predicted molar refractivity (Wildman–Crippen MR) is 224 cm³/mol. The molecule has 6 heteroatoms. The first-order chi connectivity index (χ1) is 27.4. The van der Waals surface area contributed by atoms with Crippen molar-refractivity contribution >= 4 is 43.6 Å². The molecule has 0 spiro atoms. The van der Waals surface area contributed by atoms with Gasteiger partial charge in [-0.3, -0.25) is 0 Å². The second-order valence-electron chi connectivity index (χ2n) is 14.9. The number of benzene rings is 7. The summed E-state index contributed by atoms with van der Waals surface area (Å²) >= 11 is 0. The first kappa shape index (κ1) is 32.0. The molecule has 56 heavy (non-hydrogen) atoms. The van der Waals surface area contributed by atoms with Crippen LogP contribution in [0.25, 0.3) is 100 Å². The Labute approximate surface area is 322 Å². The number of hydrogen-bond acceptors (Lipinski definition) is 6. The molecule has 0 atom stereocenters. The zero-order chi connectivity index (χ0) is 37.5. The van der Waals surface area contributed by atoms with Crippen LogP contribution in [-0.2, 0) is 5.41 Å². The van der Waals surface area contributed by atoms with Crippen molar-refractivity contribution in [1.29, 1.82) is 5.26 Å². The lowest BCUT2D eigenvalue weighted by atomic mass is 9.82. The van der Waals surface area contributed by atoms with Gasteiger partial charge in [-0.25, -0.2) is 19.9 Å². The number of para-hydroxylation sites is 1. The molecule has 0 radical (unpaired) electrons. The average Bonchev–Trinajstić information content (AvgIpc) is 3.75. The number of rotatable bonds is 4. The van der Waals surface area contributed by atoms with E-state index in [0.29, 0.717) is 23.0 Å². The first-order valence-electron chi connectivity index (χ1n) is 18.7. The smallest absolute Gasteiger partial charge is 0.164 e. The van der Waals surface area contributed by atoms with E-state index in [9.17, 15) is 5.26 Å². The zero-order valence-corrected chi connectivity index (χ0v) is 30.6. The average molecular weight is 718 g/mol. The van der Waals surface area contributed by atoms with Gasteiger partial charge in [0.2, 0.25) is 0 Å². The van der Waals surface area contributed by atoms with Gasteiger partial charge in [-0.15, -0.1) is 0 Å². The van der Waals surface area contributed by atoms with Crippen molar-refractivity contribution in [2.75, 3.05) is 0 Å². The Morgan fingerprint density at radius 1 is 0.482 bits per heavy atom. The van der Waals surface area contributed by atoms with Gasteiger partial charge in [0.25, 0.3) is 0 Å². The minimum atomic E-state index is -0.114. The number of pyridine rings is 1. The van der Waals surface area contributed by atoms with Crippen LogP contribution in [0, 0.1) is 11.3 Å². The van der Waals surface area contributed by atoms with Crippen LogP contribution < -0.4 is 0 Å². The summed E-state index contributed by atoms with van der Waals surface area (Å²) in [6, 6.07) is 53.8. The van der Waals surface area contributed by atoms with Crippen molar-refractivity contribution in [2.24, 2.45) is 0 Å². The van der Waals surface area contributed by atoms with Gasteiger partial charge in [-0.05, 0) is 76.9 Å². The molecule has 3 heterocycles. The number of hydrogen-bond donors (Lipinski definition) is 0. The fourth-order valence-electron chi connectivity index (χ4n) is 8.58. The van der Waals surface area contributed by atoms with Gasteiger partial charge >= 0.3 is 0 Å². The summed E-state index contributed by atoms with van der Waals surface area (Å²) in [6.07, 6.45) is 0. The predicted octanol–water partition coefficient (Wildman–Crippen LogP) is 12.3. The lowest BCUT2D eigenvalue weighted by molar-refractivity contribution is 0.660. The maximum atomic E-state index is 9.51. The second-order valence-corrected chi connectivity index (χ2v) is 14.9. The molecule has 0 bridgehead atoms. The Kier molecular flexibility index (Phi) is 6.86.